The van der Waals surface area contributed by atoms with Crippen molar-refractivity contribution in [2.24, 2.45) is 0 Å². The number of para-hydroxylation sites is 1. The van der Waals surface area contributed by atoms with Crippen LogP contribution in [-0.2, 0) is 32.6 Å². The number of rotatable bonds is 13. The van der Waals surface area contributed by atoms with E-state index in [-0.39, 0.29) is 34.5 Å². The lowest BCUT2D eigenvalue weighted by Gasteiger charge is -2.34. The van der Waals surface area contributed by atoms with E-state index in [9.17, 15) is 18.0 Å². The molecule has 7 nitrogen and oxygen atoms in total. The Hall–Kier alpha value is -3.66. The van der Waals surface area contributed by atoms with Gasteiger partial charge >= 0.3 is 0 Å². The number of carbonyl (C=O) groups is 2. The zero-order valence-corrected chi connectivity index (χ0v) is 27.8. The second-order valence-electron chi connectivity index (χ2n) is 10.4. The van der Waals surface area contributed by atoms with Gasteiger partial charge < -0.3 is 10.2 Å². The van der Waals surface area contributed by atoms with E-state index in [0.29, 0.717) is 6.54 Å². The second-order valence-corrected chi connectivity index (χ2v) is 13.6. The summed E-state index contributed by atoms with van der Waals surface area (Å²) in [5, 5.41) is 3.12. The van der Waals surface area contributed by atoms with E-state index >= 15 is 0 Å². The Kier molecular flexibility index (Phi) is 11.6. The van der Waals surface area contributed by atoms with Gasteiger partial charge in [-0.25, -0.2) is 8.42 Å². The number of anilines is 1. The van der Waals surface area contributed by atoms with Crippen molar-refractivity contribution < 1.29 is 18.0 Å². The number of hydrogen-bond donors (Lipinski definition) is 1. The summed E-state index contributed by atoms with van der Waals surface area (Å²) in [7, 11) is -4.22. The normalized spacial score (nSPS) is 11.9. The minimum atomic E-state index is -4.22. The summed E-state index contributed by atoms with van der Waals surface area (Å²) >= 11 is 9.97. The quantitative estimate of drug-likeness (QED) is 0.167. The average Bonchev–Trinajstić information content (AvgIpc) is 3.02. The fourth-order valence-electron chi connectivity index (χ4n) is 4.71. The number of halogens is 2. The summed E-state index contributed by atoms with van der Waals surface area (Å²) in [5.41, 5.74) is 2.72. The third kappa shape index (κ3) is 8.49. The van der Waals surface area contributed by atoms with Crippen LogP contribution in [0.4, 0.5) is 5.69 Å². The molecule has 0 radical (unpaired) electrons. The predicted molar refractivity (Wildman–Crippen MR) is 179 cm³/mol. The first-order valence-corrected chi connectivity index (χ1v) is 16.9. The molecular weight excluding hydrogens is 662 g/mol. The molecule has 0 aliphatic heterocycles. The van der Waals surface area contributed by atoms with Gasteiger partial charge in [-0.15, -0.1) is 0 Å². The molecule has 4 rings (SSSR count). The van der Waals surface area contributed by atoms with Crippen LogP contribution in [0.3, 0.4) is 0 Å². The summed E-state index contributed by atoms with van der Waals surface area (Å²) in [6, 6.07) is 28.9. The minimum Gasteiger partial charge on any atom is -0.354 e. The molecular formula is C34H35BrClN3O4S. The van der Waals surface area contributed by atoms with Gasteiger partial charge in [0.25, 0.3) is 10.0 Å². The maximum atomic E-state index is 14.4. The summed E-state index contributed by atoms with van der Waals surface area (Å²) < 4.78 is 30.1. The molecule has 1 atom stereocenters. The molecule has 0 saturated carbocycles. The topological polar surface area (TPSA) is 86.8 Å². The summed E-state index contributed by atoms with van der Waals surface area (Å²) in [4.78, 5) is 29.6. The number of sulfonamides is 1. The van der Waals surface area contributed by atoms with Crippen LogP contribution in [0.25, 0.3) is 0 Å². The predicted octanol–water partition coefficient (Wildman–Crippen LogP) is 6.77. The van der Waals surface area contributed by atoms with Gasteiger partial charge in [-0.1, -0.05) is 107 Å². The third-order valence-electron chi connectivity index (χ3n) is 7.10. The Balaban J connectivity index is 1.80. The molecule has 0 aliphatic carbocycles. The highest BCUT2D eigenvalue weighted by molar-refractivity contribution is 9.10. The number of nitrogens with one attached hydrogen (secondary N) is 1. The molecule has 0 saturated heterocycles. The van der Waals surface area contributed by atoms with Crippen LogP contribution in [0.2, 0.25) is 5.02 Å². The van der Waals surface area contributed by atoms with Crippen LogP contribution in [-0.4, -0.2) is 44.3 Å². The molecule has 10 heteroatoms. The molecule has 0 heterocycles. The lowest BCUT2D eigenvalue weighted by atomic mass is 10.0. The van der Waals surface area contributed by atoms with E-state index in [4.69, 9.17) is 11.6 Å². The molecule has 0 spiro atoms. The molecule has 0 aliphatic rings. The van der Waals surface area contributed by atoms with Crippen molar-refractivity contribution in [1.82, 2.24) is 10.2 Å². The second kappa shape index (κ2) is 15.4. The number of hydrogen-bond acceptors (Lipinski definition) is 4. The largest absolute Gasteiger partial charge is 0.354 e. The van der Waals surface area contributed by atoms with Gasteiger partial charge in [0, 0.05) is 24.0 Å². The van der Waals surface area contributed by atoms with Gasteiger partial charge in [0.05, 0.1) is 15.6 Å². The minimum absolute atomic E-state index is 0.0248. The molecule has 0 aromatic heterocycles. The van der Waals surface area contributed by atoms with Gasteiger partial charge in [-0.3, -0.25) is 13.9 Å². The SMILES string of the molecule is CCCNC(=O)[C@H](Cc1ccccc1)N(Cc1ccc(Br)cc1)C(=O)CN(c1ccccc1Cl)S(=O)(=O)c1ccc(C)cc1. The first-order valence-electron chi connectivity index (χ1n) is 14.3. The van der Waals surface area contributed by atoms with E-state index in [1.807, 2.05) is 68.4 Å². The Morgan fingerprint density at radius 2 is 1.50 bits per heavy atom. The van der Waals surface area contributed by atoms with Crippen LogP contribution in [0.15, 0.2) is 112 Å². The first-order chi connectivity index (χ1) is 21.1. The monoisotopic (exact) mass is 695 g/mol. The van der Waals surface area contributed by atoms with Crippen molar-refractivity contribution in [2.75, 3.05) is 17.4 Å². The van der Waals surface area contributed by atoms with Gasteiger partial charge in [-0.05, 0) is 60.9 Å². The molecule has 2 amide bonds. The fourth-order valence-corrected chi connectivity index (χ4v) is 6.70. The summed E-state index contributed by atoms with van der Waals surface area (Å²) in [6.45, 7) is 3.78. The standard InChI is InChI=1S/C34H35BrClN3O4S/c1-3-21-37-34(41)32(22-26-9-5-4-6-10-26)38(23-27-15-17-28(35)18-16-27)33(40)24-39(31-12-8-7-11-30(31)36)44(42,43)29-19-13-25(2)14-20-29/h4-20,32H,3,21-24H2,1-2H3,(H,37,41)/t32-/m0/s1. The number of carbonyl (C=O) groups excluding carboxylic acids is 2. The molecule has 1 N–H and O–H groups in total. The molecule has 230 valence electrons. The van der Waals surface area contributed by atoms with Crippen molar-refractivity contribution in [3.05, 3.63) is 129 Å². The van der Waals surface area contributed by atoms with Gasteiger partial charge in [0.1, 0.15) is 12.6 Å². The Morgan fingerprint density at radius 3 is 2.14 bits per heavy atom. The van der Waals surface area contributed by atoms with E-state index in [2.05, 4.69) is 21.2 Å². The Labute approximate surface area is 273 Å². The number of benzene rings is 4. The number of aryl methyl sites for hydroxylation is 1. The van der Waals surface area contributed by atoms with Crippen molar-refractivity contribution in [3.63, 3.8) is 0 Å². The lowest BCUT2D eigenvalue weighted by Crippen LogP contribution is -2.53. The van der Waals surface area contributed by atoms with Crippen LogP contribution >= 0.6 is 27.5 Å². The van der Waals surface area contributed by atoms with Crippen LogP contribution in [0.5, 0.6) is 0 Å². The van der Waals surface area contributed by atoms with Crippen molar-refractivity contribution >= 4 is 55.1 Å². The number of amides is 2. The molecule has 44 heavy (non-hydrogen) atoms. The Bertz CT molecular complexity index is 1670. The fraction of sp³-hybridized carbons (Fsp3) is 0.235. The van der Waals surface area contributed by atoms with Gasteiger partial charge in [0.2, 0.25) is 11.8 Å². The van der Waals surface area contributed by atoms with Gasteiger partial charge in [-0.2, -0.15) is 0 Å². The molecule has 0 unspecified atom stereocenters. The van der Waals surface area contributed by atoms with Crippen LogP contribution in [0.1, 0.15) is 30.0 Å². The highest BCUT2D eigenvalue weighted by Crippen LogP contribution is 2.31. The van der Waals surface area contributed by atoms with Crippen molar-refractivity contribution in [3.8, 4) is 0 Å². The zero-order valence-electron chi connectivity index (χ0n) is 24.6. The Morgan fingerprint density at radius 1 is 0.864 bits per heavy atom. The molecule has 4 aromatic carbocycles. The van der Waals surface area contributed by atoms with Crippen molar-refractivity contribution in [1.29, 1.82) is 0 Å². The van der Waals surface area contributed by atoms with Crippen LogP contribution < -0.4 is 9.62 Å². The molecule has 0 fully saturated rings. The molecule has 0 bridgehead atoms. The lowest BCUT2D eigenvalue weighted by molar-refractivity contribution is -0.140. The van der Waals surface area contributed by atoms with Gasteiger partial charge in [0.15, 0.2) is 0 Å². The zero-order chi connectivity index (χ0) is 31.7. The highest BCUT2D eigenvalue weighted by Gasteiger charge is 2.35. The summed E-state index contributed by atoms with van der Waals surface area (Å²) in [5.74, 6) is -0.858. The third-order valence-corrected chi connectivity index (χ3v) is 9.72. The average molecular weight is 697 g/mol. The smallest absolute Gasteiger partial charge is 0.264 e. The van der Waals surface area contributed by atoms with E-state index in [0.717, 1.165) is 31.9 Å². The van der Waals surface area contributed by atoms with E-state index < -0.39 is 28.5 Å². The van der Waals surface area contributed by atoms with Crippen molar-refractivity contribution in [2.45, 2.75) is 44.2 Å². The number of nitrogens with zero attached hydrogens (tertiary/aromatic N) is 2. The first kappa shape index (κ1) is 33.2. The maximum absolute atomic E-state index is 14.4. The van der Waals surface area contributed by atoms with E-state index in [1.54, 1.807) is 36.4 Å². The maximum Gasteiger partial charge on any atom is 0.264 e. The van der Waals surface area contributed by atoms with E-state index in [1.165, 1.54) is 17.0 Å². The van der Waals surface area contributed by atoms with Crippen LogP contribution in [0, 0.1) is 6.92 Å². The molecule has 4 aromatic rings. The summed E-state index contributed by atoms with van der Waals surface area (Å²) in [6.07, 6.45) is 0.967. The highest BCUT2D eigenvalue weighted by atomic mass is 79.9.